The number of nitrogens with zero attached hydrogens (tertiary/aromatic N) is 1. The van der Waals surface area contributed by atoms with Gasteiger partial charge in [0.25, 0.3) is 0 Å². The molecule has 0 saturated carbocycles. The van der Waals surface area contributed by atoms with E-state index in [1.165, 1.54) is 16.6 Å². The van der Waals surface area contributed by atoms with Crippen molar-refractivity contribution < 1.29 is 18.3 Å². The summed E-state index contributed by atoms with van der Waals surface area (Å²) in [4.78, 5) is 2.92. The second kappa shape index (κ2) is 5.00. The average Bonchev–Trinajstić information content (AvgIpc) is 2.76. The molecule has 0 amide bonds. The Balaban J connectivity index is 2.25. The molecule has 102 valence electrons. The van der Waals surface area contributed by atoms with Gasteiger partial charge in [0.15, 0.2) is 0 Å². The van der Waals surface area contributed by atoms with Crippen molar-refractivity contribution in [2.45, 2.75) is 37.6 Å². The number of H-pyrrole nitrogens is 1. The molecule has 0 radical (unpaired) electrons. The standard InChI is InChI=1S/C11H18N2O4S/c1-8-5-13(6-9(2)17-8)18(15,16)11-3-10(7-14)12-4-11/h3-4,8-9,12,14H,5-7H2,1-2H3/t8-,9+. The second-order valence-corrected chi connectivity index (χ2v) is 6.54. The maximum Gasteiger partial charge on any atom is 0.244 e. The van der Waals surface area contributed by atoms with Gasteiger partial charge in [-0.1, -0.05) is 0 Å². The van der Waals surface area contributed by atoms with Gasteiger partial charge in [-0.25, -0.2) is 8.42 Å². The molecule has 18 heavy (non-hydrogen) atoms. The molecule has 1 aromatic heterocycles. The second-order valence-electron chi connectivity index (χ2n) is 4.60. The maximum absolute atomic E-state index is 12.4. The molecule has 0 bridgehead atoms. The van der Waals surface area contributed by atoms with Crippen molar-refractivity contribution in [3.8, 4) is 0 Å². The average molecular weight is 274 g/mol. The maximum atomic E-state index is 12.4. The molecule has 1 saturated heterocycles. The van der Waals surface area contributed by atoms with Crippen molar-refractivity contribution in [1.82, 2.24) is 9.29 Å². The van der Waals surface area contributed by atoms with Crippen LogP contribution >= 0.6 is 0 Å². The Morgan fingerprint density at radius 2 is 2.06 bits per heavy atom. The van der Waals surface area contributed by atoms with Crippen molar-refractivity contribution in [3.63, 3.8) is 0 Å². The lowest BCUT2D eigenvalue weighted by Crippen LogP contribution is -2.47. The molecule has 1 aliphatic heterocycles. The molecule has 2 rings (SSSR count). The summed E-state index contributed by atoms with van der Waals surface area (Å²) in [7, 11) is -3.51. The Hall–Kier alpha value is -0.890. The minimum Gasteiger partial charge on any atom is -0.390 e. The molecule has 0 spiro atoms. The fourth-order valence-corrected chi connectivity index (χ4v) is 3.74. The number of ether oxygens (including phenoxy) is 1. The summed E-state index contributed by atoms with van der Waals surface area (Å²) < 4.78 is 31.7. The number of hydrogen-bond acceptors (Lipinski definition) is 4. The van der Waals surface area contributed by atoms with Gasteiger partial charge in [0.1, 0.15) is 0 Å². The molecule has 6 nitrogen and oxygen atoms in total. The predicted molar refractivity (Wildman–Crippen MR) is 65.5 cm³/mol. The summed E-state index contributed by atoms with van der Waals surface area (Å²) in [5.41, 5.74) is 0.489. The first-order valence-electron chi connectivity index (χ1n) is 5.87. The lowest BCUT2D eigenvalue weighted by Gasteiger charge is -2.34. The number of aromatic amines is 1. The molecule has 1 aliphatic rings. The number of hydrogen-bond donors (Lipinski definition) is 2. The molecule has 2 heterocycles. The van der Waals surface area contributed by atoms with Crippen LogP contribution in [-0.4, -0.2) is 48.1 Å². The van der Waals surface area contributed by atoms with E-state index in [1.54, 1.807) is 0 Å². The first kappa shape index (κ1) is 13.5. The van der Waals surface area contributed by atoms with Crippen LogP contribution in [0.3, 0.4) is 0 Å². The molecule has 1 aromatic rings. The van der Waals surface area contributed by atoms with E-state index in [4.69, 9.17) is 9.84 Å². The predicted octanol–water partition coefficient (Wildman–Crippen LogP) is 0.305. The van der Waals surface area contributed by atoms with Gasteiger partial charge in [0, 0.05) is 25.0 Å². The molecule has 2 atom stereocenters. The zero-order valence-electron chi connectivity index (χ0n) is 10.5. The Morgan fingerprint density at radius 3 is 2.56 bits per heavy atom. The summed E-state index contributed by atoms with van der Waals surface area (Å²) in [5, 5.41) is 8.95. The fraction of sp³-hybridized carbons (Fsp3) is 0.636. The summed E-state index contributed by atoms with van der Waals surface area (Å²) >= 11 is 0. The number of nitrogens with one attached hydrogen (secondary N) is 1. The van der Waals surface area contributed by atoms with Crippen LogP contribution in [-0.2, 0) is 21.4 Å². The first-order chi connectivity index (χ1) is 8.43. The molecular weight excluding hydrogens is 256 g/mol. The van der Waals surface area contributed by atoms with Crippen molar-refractivity contribution in [3.05, 3.63) is 18.0 Å². The van der Waals surface area contributed by atoms with Gasteiger partial charge in [-0.3, -0.25) is 0 Å². The third-order valence-corrected chi connectivity index (χ3v) is 4.72. The van der Waals surface area contributed by atoms with Crippen LogP contribution in [0.2, 0.25) is 0 Å². The van der Waals surface area contributed by atoms with Crippen LogP contribution in [0.25, 0.3) is 0 Å². The minimum atomic E-state index is -3.51. The quantitative estimate of drug-likeness (QED) is 0.830. The van der Waals surface area contributed by atoms with Crippen LogP contribution in [0.1, 0.15) is 19.5 Å². The van der Waals surface area contributed by atoms with Crippen molar-refractivity contribution in [2.75, 3.05) is 13.1 Å². The van der Waals surface area contributed by atoms with Crippen molar-refractivity contribution in [2.24, 2.45) is 0 Å². The normalized spacial score (nSPS) is 26.4. The summed E-state index contributed by atoms with van der Waals surface area (Å²) in [6.45, 7) is 4.22. The highest BCUT2D eigenvalue weighted by molar-refractivity contribution is 7.89. The molecule has 1 fully saturated rings. The van der Waals surface area contributed by atoms with E-state index in [0.29, 0.717) is 18.8 Å². The summed E-state index contributed by atoms with van der Waals surface area (Å²) in [5.74, 6) is 0. The third-order valence-electron chi connectivity index (χ3n) is 2.91. The van der Waals surface area contributed by atoms with E-state index in [0.717, 1.165) is 0 Å². The van der Waals surface area contributed by atoms with Gasteiger partial charge in [-0.15, -0.1) is 0 Å². The van der Waals surface area contributed by atoms with E-state index >= 15 is 0 Å². The highest BCUT2D eigenvalue weighted by Gasteiger charge is 2.32. The van der Waals surface area contributed by atoms with Crippen LogP contribution < -0.4 is 0 Å². The van der Waals surface area contributed by atoms with Crippen molar-refractivity contribution >= 4 is 10.0 Å². The van der Waals surface area contributed by atoms with E-state index < -0.39 is 10.0 Å². The van der Waals surface area contributed by atoms with E-state index in [-0.39, 0.29) is 23.7 Å². The fourth-order valence-electron chi connectivity index (χ4n) is 2.14. The topological polar surface area (TPSA) is 82.6 Å². The molecule has 7 heteroatoms. The monoisotopic (exact) mass is 274 g/mol. The highest BCUT2D eigenvalue weighted by Crippen LogP contribution is 2.21. The van der Waals surface area contributed by atoms with Crippen LogP contribution in [0.15, 0.2) is 17.2 Å². The van der Waals surface area contributed by atoms with Crippen LogP contribution in [0.5, 0.6) is 0 Å². The summed E-state index contributed by atoms with van der Waals surface area (Å²) in [6.07, 6.45) is 1.19. The molecule has 0 aromatic carbocycles. The van der Waals surface area contributed by atoms with E-state index in [2.05, 4.69) is 4.98 Å². The third kappa shape index (κ3) is 2.59. The minimum absolute atomic E-state index is 0.111. The number of morpholine rings is 1. The zero-order chi connectivity index (χ0) is 13.3. The Bertz CT molecular complexity index is 501. The van der Waals surface area contributed by atoms with E-state index in [1.807, 2.05) is 13.8 Å². The number of aliphatic hydroxyl groups is 1. The van der Waals surface area contributed by atoms with Crippen LogP contribution in [0, 0.1) is 0 Å². The molecular formula is C11H18N2O4S. The smallest absolute Gasteiger partial charge is 0.244 e. The van der Waals surface area contributed by atoms with Gasteiger partial charge in [-0.2, -0.15) is 4.31 Å². The Morgan fingerprint density at radius 1 is 1.44 bits per heavy atom. The number of sulfonamides is 1. The van der Waals surface area contributed by atoms with Gasteiger partial charge in [0.2, 0.25) is 10.0 Å². The van der Waals surface area contributed by atoms with Crippen molar-refractivity contribution in [1.29, 1.82) is 0 Å². The SMILES string of the molecule is C[C@@H]1CN(S(=O)(=O)c2c[nH]c(CO)c2)C[C@H](C)O1. The van der Waals surface area contributed by atoms with E-state index in [9.17, 15) is 8.42 Å². The summed E-state index contributed by atoms with van der Waals surface area (Å²) in [6, 6.07) is 1.46. The number of aromatic nitrogens is 1. The lowest BCUT2D eigenvalue weighted by atomic mass is 10.3. The first-order valence-corrected chi connectivity index (χ1v) is 7.31. The zero-order valence-corrected chi connectivity index (χ0v) is 11.3. The highest BCUT2D eigenvalue weighted by atomic mass is 32.2. The van der Waals surface area contributed by atoms with Gasteiger partial charge < -0.3 is 14.8 Å². The molecule has 0 unspecified atom stereocenters. The Kier molecular flexibility index (Phi) is 3.76. The largest absolute Gasteiger partial charge is 0.390 e. The van der Waals surface area contributed by atoms with Gasteiger partial charge in [0.05, 0.1) is 23.7 Å². The molecule has 2 N–H and O–H groups in total. The number of rotatable bonds is 3. The number of aliphatic hydroxyl groups excluding tert-OH is 1. The Labute approximate surface area is 107 Å². The van der Waals surface area contributed by atoms with Gasteiger partial charge >= 0.3 is 0 Å². The van der Waals surface area contributed by atoms with Crippen LogP contribution in [0.4, 0.5) is 0 Å². The lowest BCUT2D eigenvalue weighted by molar-refractivity contribution is -0.0440. The van der Waals surface area contributed by atoms with Gasteiger partial charge in [-0.05, 0) is 19.9 Å². The molecule has 0 aliphatic carbocycles.